The molecule has 6 nitrogen and oxygen atoms in total. The molecule has 0 aromatic heterocycles. The van der Waals surface area contributed by atoms with Crippen molar-refractivity contribution < 1.29 is 19.4 Å². The van der Waals surface area contributed by atoms with E-state index in [4.69, 9.17) is 15.6 Å². The summed E-state index contributed by atoms with van der Waals surface area (Å²) in [5.41, 5.74) is 5.01. The number of carboxylic acids is 1. The highest BCUT2D eigenvalue weighted by Crippen LogP contribution is 2.20. The summed E-state index contributed by atoms with van der Waals surface area (Å²) >= 11 is 0. The lowest BCUT2D eigenvalue weighted by molar-refractivity contribution is -0.142. The fourth-order valence-corrected chi connectivity index (χ4v) is 1.62. The van der Waals surface area contributed by atoms with Gasteiger partial charge in [-0.1, -0.05) is 0 Å². The Morgan fingerprint density at radius 3 is 2.44 bits per heavy atom. The fraction of sp³-hybridized carbons (Fsp3) is 0.800. The highest BCUT2D eigenvalue weighted by molar-refractivity contribution is 5.81. The third-order valence-corrected chi connectivity index (χ3v) is 2.25. The summed E-state index contributed by atoms with van der Waals surface area (Å²) in [4.78, 5) is 23.8. The lowest BCUT2D eigenvalue weighted by Gasteiger charge is -2.26. The summed E-state index contributed by atoms with van der Waals surface area (Å²) in [5.74, 6) is -1.04. The van der Waals surface area contributed by atoms with Crippen molar-refractivity contribution in [3.63, 3.8) is 0 Å². The van der Waals surface area contributed by atoms with Crippen LogP contribution < -0.4 is 5.73 Å². The number of aliphatic carboxylic acids is 1. The van der Waals surface area contributed by atoms with Gasteiger partial charge in [-0.25, -0.2) is 9.59 Å². The van der Waals surface area contributed by atoms with Gasteiger partial charge in [-0.15, -0.1) is 0 Å². The zero-order chi connectivity index (χ0) is 12.5. The van der Waals surface area contributed by atoms with Crippen molar-refractivity contribution in [1.29, 1.82) is 0 Å². The quantitative estimate of drug-likeness (QED) is 0.680. The van der Waals surface area contributed by atoms with Crippen LogP contribution in [-0.4, -0.2) is 46.3 Å². The third-order valence-electron chi connectivity index (χ3n) is 2.25. The molecule has 0 spiro atoms. The summed E-state index contributed by atoms with van der Waals surface area (Å²) in [6, 6.07) is -1.17. The van der Waals surface area contributed by atoms with Gasteiger partial charge in [-0.2, -0.15) is 0 Å². The summed E-state index contributed by atoms with van der Waals surface area (Å²) < 4.78 is 5.12. The lowest BCUT2D eigenvalue weighted by Crippen LogP contribution is -2.43. The number of nitrogens with zero attached hydrogens (tertiary/aromatic N) is 1. The average molecular weight is 230 g/mol. The van der Waals surface area contributed by atoms with Crippen molar-refractivity contribution in [1.82, 2.24) is 4.90 Å². The molecular weight excluding hydrogens is 212 g/mol. The minimum absolute atomic E-state index is 0.228. The third kappa shape index (κ3) is 3.10. The maximum atomic E-state index is 11.7. The molecule has 3 N–H and O–H groups in total. The SMILES string of the molecule is CC(C)(C)OC(=O)N1C[C@H](N)C[C@@H]1C(=O)O. The minimum Gasteiger partial charge on any atom is -0.480 e. The van der Waals surface area contributed by atoms with Crippen LogP contribution in [0, 0.1) is 0 Å². The molecule has 1 amide bonds. The van der Waals surface area contributed by atoms with Crippen molar-refractivity contribution in [3.05, 3.63) is 0 Å². The Kier molecular flexibility index (Phi) is 3.42. The van der Waals surface area contributed by atoms with Crippen molar-refractivity contribution in [2.24, 2.45) is 5.73 Å². The van der Waals surface area contributed by atoms with Gasteiger partial charge in [0, 0.05) is 12.6 Å². The van der Waals surface area contributed by atoms with Crippen molar-refractivity contribution in [3.8, 4) is 0 Å². The molecule has 6 heteroatoms. The van der Waals surface area contributed by atoms with Crippen LogP contribution >= 0.6 is 0 Å². The van der Waals surface area contributed by atoms with E-state index in [0.29, 0.717) is 0 Å². The Hall–Kier alpha value is -1.30. The first kappa shape index (κ1) is 12.8. The van der Waals surface area contributed by atoms with E-state index >= 15 is 0 Å². The van der Waals surface area contributed by atoms with Crippen LogP contribution in [0.5, 0.6) is 0 Å². The van der Waals surface area contributed by atoms with Gasteiger partial charge in [0.25, 0.3) is 0 Å². The van der Waals surface area contributed by atoms with Crippen molar-refractivity contribution in [2.45, 2.75) is 44.9 Å². The molecule has 0 saturated carbocycles. The van der Waals surface area contributed by atoms with E-state index in [1.165, 1.54) is 4.90 Å². The fourth-order valence-electron chi connectivity index (χ4n) is 1.62. The Bertz CT molecular complexity index is 298. The lowest BCUT2D eigenvalue weighted by atomic mass is 10.2. The molecule has 0 aromatic rings. The number of ether oxygens (including phenoxy) is 1. The van der Waals surface area contributed by atoms with E-state index in [9.17, 15) is 9.59 Å². The predicted octanol–water partition coefficient (Wildman–Crippen LogP) is 0.408. The Balaban J connectivity index is 2.71. The number of hydrogen-bond acceptors (Lipinski definition) is 4. The molecule has 1 saturated heterocycles. The molecule has 1 fully saturated rings. The molecule has 1 heterocycles. The Morgan fingerprint density at radius 1 is 1.44 bits per heavy atom. The molecule has 2 atom stereocenters. The van der Waals surface area contributed by atoms with Crippen LogP contribution in [0.1, 0.15) is 27.2 Å². The van der Waals surface area contributed by atoms with Crippen LogP contribution in [-0.2, 0) is 9.53 Å². The maximum absolute atomic E-state index is 11.7. The van der Waals surface area contributed by atoms with Gasteiger partial charge in [-0.05, 0) is 27.2 Å². The molecular formula is C10H18N2O4. The minimum atomic E-state index is -1.04. The van der Waals surface area contributed by atoms with Crippen LogP contribution in [0.15, 0.2) is 0 Å². The van der Waals surface area contributed by atoms with Gasteiger partial charge in [-0.3, -0.25) is 4.90 Å². The van der Waals surface area contributed by atoms with E-state index < -0.39 is 23.7 Å². The molecule has 0 aliphatic carbocycles. The second-order valence-corrected chi connectivity index (χ2v) is 4.98. The van der Waals surface area contributed by atoms with Gasteiger partial charge >= 0.3 is 12.1 Å². The molecule has 0 radical (unpaired) electrons. The molecule has 1 aliphatic heterocycles. The molecule has 0 unspecified atom stereocenters. The summed E-state index contributed by atoms with van der Waals surface area (Å²) in [7, 11) is 0. The number of amides is 1. The Labute approximate surface area is 94.3 Å². The van der Waals surface area contributed by atoms with Gasteiger partial charge in [0.2, 0.25) is 0 Å². The van der Waals surface area contributed by atoms with Crippen molar-refractivity contribution in [2.75, 3.05) is 6.54 Å². The number of likely N-dealkylation sites (tertiary alicyclic amines) is 1. The zero-order valence-electron chi connectivity index (χ0n) is 9.77. The van der Waals surface area contributed by atoms with E-state index in [-0.39, 0.29) is 19.0 Å². The monoisotopic (exact) mass is 230 g/mol. The number of carbonyl (C=O) groups is 2. The summed E-state index contributed by atoms with van der Waals surface area (Å²) in [6.07, 6.45) is -0.345. The summed E-state index contributed by atoms with van der Waals surface area (Å²) in [5, 5.41) is 8.94. The van der Waals surface area contributed by atoms with Gasteiger partial charge in [0.05, 0.1) is 0 Å². The predicted molar refractivity (Wildman–Crippen MR) is 57.0 cm³/mol. The second kappa shape index (κ2) is 4.29. The molecule has 16 heavy (non-hydrogen) atoms. The Morgan fingerprint density at radius 2 is 2.00 bits per heavy atom. The molecule has 0 aromatic carbocycles. The molecule has 1 rings (SSSR count). The summed E-state index contributed by atoms with van der Waals surface area (Å²) in [6.45, 7) is 5.43. The smallest absolute Gasteiger partial charge is 0.411 e. The van der Waals surface area contributed by atoms with Gasteiger partial charge in [0.1, 0.15) is 11.6 Å². The first-order valence-corrected chi connectivity index (χ1v) is 5.18. The molecule has 0 bridgehead atoms. The van der Waals surface area contributed by atoms with Crippen molar-refractivity contribution >= 4 is 12.1 Å². The topological polar surface area (TPSA) is 92.9 Å². The maximum Gasteiger partial charge on any atom is 0.411 e. The highest BCUT2D eigenvalue weighted by Gasteiger charge is 2.40. The number of carboxylic acid groups (broad SMARTS) is 1. The van der Waals surface area contributed by atoms with E-state index in [2.05, 4.69) is 0 Å². The average Bonchev–Trinajstić information content (AvgIpc) is 2.44. The van der Waals surface area contributed by atoms with E-state index in [0.717, 1.165) is 0 Å². The number of carbonyl (C=O) groups excluding carboxylic acids is 1. The van der Waals surface area contributed by atoms with E-state index in [1.807, 2.05) is 0 Å². The first-order chi connectivity index (χ1) is 7.20. The number of nitrogens with two attached hydrogens (primary N) is 1. The number of hydrogen-bond donors (Lipinski definition) is 2. The largest absolute Gasteiger partial charge is 0.480 e. The van der Waals surface area contributed by atoms with E-state index in [1.54, 1.807) is 20.8 Å². The first-order valence-electron chi connectivity index (χ1n) is 5.18. The van der Waals surface area contributed by atoms with Crippen LogP contribution in [0.3, 0.4) is 0 Å². The second-order valence-electron chi connectivity index (χ2n) is 4.98. The zero-order valence-corrected chi connectivity index (χ0v) is 9.77. The van der Waals surface area contributed by atoms with Crippen LogP contribution in [0.2, 0.25) is 0 Å². The van der Waals surface area contributed by atoms with Gasteiger partial charge in [0.15, 0.2) is 0 Å². The van der Waals surface area contributed by atoms with Crippen LogP contribution in [0.4, 0.5) is 4.79 Å². The normalized spacial score (nSPS) is 25.6. The standard InChI is InChI=1S/C10H18N2O4/c1-10(2,3)16-9(15)12-5-6(11)4-7(12)8(13)14/h6-7H,4-5,11H2,1-3H3,(H,13,14)/t6-,7-/m1/s1. The number of rotatable bonds is 1. The molecule has 1 aliphatic rings. The van der Waals surface area contributed by atoms with Gasteiger partial charge < -0.3 is 15.6 Å². The van der Waals surface area contributed by atoms with Crippen LogP contribution in [0.25, 0.3) is 0 Å². The molecule has 92 valence electrons. The highest BCUT2D eigenvalue weighted by atomic mass is 16.6.